The highest BCUT2D eigenvalue weighted by Crippen LogP contribution is 2.29. The molecular weight excluding hydrogens is 190 g/mol. The molecule has 1 aromatic heterocycles. The Hall–Kier alpha value is -1.95. The topological polar surface area (TPSA) is 46.2 Å². The lowest BCUT2D eigenvalue weighted by Gasteiger charge is -1.98. The average molecular weight is 201 g/mol. The van der Waals surface area contributed by atoms with E-state index in [-0.39, 0.29) is 0 Å². The van der Waals surface area contributed by atoms with Crippen LogP contribution in [0.25, 0.3) is 11.0 Å². The van der Waals surface area contributed by atoms with Gasteiger partial charge in [0.1, 0.15) is 17.1 Å². The second kappa shape index (κ2) is 3.66. The number of fused-ring (bicyclic) bond motifs is 1. The normalized spacial score (nSPS) is 10.2. The summed E-state index contributed by atoms with van der Waals surface area (Å²) in [7, 11) is 1.62. The zero-order chi connectivity index (χ0) is 10.8. The maximum Gasteiger partial charge on any atom is 0.134 e. The van der Waals surface area contributed by atoms with Gasteiger partial charge < -0.3 is 9.15 Å². The van der Waals surface area contributed by atoms with Crippen LogP contribution in [0.4, 0.5) is 0 Å². The number of benzene rings is 1. The van der Waals surface area contributed by atoms with E-state index in [0.29, 0.717) is 6.42 Å². The first-order valence-corrected chi connectivity index (χ1v) is 4.69. The second-order valence-electron chi connectivity index (χ2n) is 3.33. The fourth-order valence-electron chi connectivity index (χ4n) is 1.68. The molecule has 15 heavy (non-hydrogen) atoms. The monoisotopic (exact) mass is 201 g/mol. The van der Waals surface area contributed by atoms with E-state index in [0.717, 1.165) is 28.0 Å². The van der Waals surface area contributed by atoms with E-state index in [2.05, 4.69) is 6.07 Å². The van der Waals surface area contributed by atoms with Crippen molar-refractivity contribution in [3.63, 3.8) is 0 Å². The molecule has 0 radical (unpaired) electrons. The summed E-state index contributed by atoms with van der Waals surface area (Å²) in [4.78, 5) is 0. The SMILES string of the molecule is COc1ccc2oc(C)c(CC#N)c2c1. The molecule has 76 valence electrons. The lowest BCUT2D eigenvalue weighted by molar-refractivity contribution is 0.415. The molecule has 0 unspecified atom stereocenters. The number of ether oxygens (including phenoxy) is 1. The van der Waals surface area contributed by atoms with Crippen LogP contribution in [0.5, 0.6) is 5.75 Å². The molecule has 0 aliphatic carbocycles. The van der Waals surface area contributed by atoms with E-state index in [4.69, 9.17) is 14.4 Å². The minimum Gasteiger partial charge on any atom is -0.497 e. The maximum absolute atomic E-state index is 8.73. The number of hydrogen-bond acceptors (Lipinski definition) is 3. The minimum absolute atomic E-state index is 0.367. The zero-order valence-electron chi connectivity index (χ0n) is 8.70. The van der Waals surface area contributed by atoms with Gasteiger partial charge in [-0.15, -0.1) is 0 Å². The Labute approximate surface area is 87.9 Å². The molecule has 0 N–H and O–H groups in total. The summed E-state index contributed by atoms with van der Waals surface area (Å²) in [5.41, 5.74) is 1.75. The van der Waals surface area contributed by atoms with Gasteiger partial charge in [0.2, 0.25) is 0 Å². The molecule has 1 heterocycles. The molecule has 2 rings (SSSR count). The number of nitrogens with zero attached hydrogens (tertiary/aromatic N) is 1. The molecular formula is C12H11NO2. The number of hydrogen-bond donors (Lipinski definition) is 0. The smallest absolute Gasteiger partial charge is 0.134 e. The first kappa shape index (κ1) is 9.60. The van der Waals surface area contributed by atoms with Crippen molar-refractivity contribution in [1.82, 2.24) is 0 Å². The Morgan fingerprint density at radius 3 is 2.93 bits per heavy atom. The summed E-state index contributed by atoms with van der Waals surface area (Å²) < 4.78 is 10.7. The highest BCUT2D eigenvalue weighted by atomic mass is 16.5. The Bertz CT molecular complexity index is 534. The minimum atomic E-state index is 0.367. The van der Waals surface area contributed by atoms with Crippen LogP contribution < -0.4 is 4.74 Å². The highest BCUT2D eigenvalue weighted by Gasteiger charge is 2.10. The fourth-order valence-corrected chi connectivity index (χ4v) is 1.68. The van der Waals surface area contributed by atoms with Crippen molar-refractivity contribution in [3.05, 3.63) is 29.5 Å². The number of furan rings is 1. The van der Waals surface area contributed by atoms with Crippen molar-refractivity contribution in [3.8, 4) is 11.8 Å². The summed E-state index contributed by atoms with van der Waals surface area (Å²) in [5.74, 6) is 1.59. The molecule has 3 nitrogen and oxygen atoms in total. The molecule has 0 aliphatic heterocycles. The molecule has 0 saturated carbocycles. The lowest BCUT2D eigenvalue weighted by Crippen LogP contribution is -1.84. The third kappa shape index (κ3) is 1.55. The molecule has 0 spiro atoms. The van der Waals surface area contributed by atoms with E-state index in [1.807, 2.05) is 25.1 Å². The predicted octanol–water partition coefficient (Wildman–Crippen LogP) is 2.82. The Kier molecular flexibility index (Phi) is 2.34. The maximum atomic E-state index is 8.73. The second-order valence-corrected chi connectivity index (χ2v) is 3.33. The molecule has 3 heteroatoms. The van der Waals surface area contributed by atoms with Crippen LogP contribution in [0.2, 0.25) is 0 Å². The van der Waals surface area contributed by atoms with Crippen LogP contribution in [0.15, 0.2) is 22.6 Å². The van der Waals surface area contributed by atoms with Gasteiger partial charge in [0.05, 0.1) is 19.6 Å². The van der Waals surface area contributed by atoms with E-state index in [1.165, 1.54) is 0 Å². The summed E-state index contributed by atoms with van der Waals surface area (Å²) in [6.07, 6.45) is 0.367. The molecule has 0 atom stereocenters. The van der Waals surface area contributed by atoms with E-state index in [1.54, 1.807) is 7.11 Å². The lowest BCUT2D eigenvalue weighted by atomic mass is 10.1. The van der Waals surface area contributed by atoms with Gasteiger partial charge in [0, 0.05) is 10.9 Å². The van der Waals surface area contributed by atoms with Gasteiger partial charge in [0.25, 0.3) is 0 Å². The van der Waals surface area contributed by atoms with Gasteiger partial charge in [-0.3, -0.25) is 0 Å². The van der Waals surface area contributed by atoms with Gasteiger partial charge >= 0.3 is 0 Å². The van der Waals surface area contributed by atoms with Crippen molar-refractivity contribution < 1.29 is 9.15 Å². The molecule has 1 aromatic carbocycles. The highest BCUT2D eigenvalue weighted by molar-refractivity contribution is 5.84. The molecule has 0 amide bonds. The molecule has 0 bridgehead atoms. The number of rotatable bonds is 2. The number of nitriles is 1. The third-order valence-electron chi connectivity index (χ3n) is 2.46. The van der Waals surface area contributed by atoms with Crippen LogP contribution in [0, 0.1) is 18.3 Å². The van der Waals surface area contributed by atoms with Crippen LogP contribution in [0.3, 0.4) is 0 Å². The van der Waals surface area contributed by atoms with Gasteiger partial charge in [-0.2, -0.15) is 5.26 Å². The van der Waals surface area contributed by atoms with E-state index < -0.39 is 0 Å². The Morgan fingerprint density at radius 1 is 1.47 bits per heavy atom. The summed E-state index contributed by atoms with van der Waals surface area (Å²) in [6.45, 7) is 1.87. The first-order chi connectivity index (χ1) is 7.26. The largest absolute Gasteiger partial charge is 0.497 e. The van der Waals surface area contributed by atoms with Crippen molar-refractivity contribution in [1.29, 1.82) is 5.26 Å². The first-order valence-electron chi connectivity index (χ1n) is 4.69. The van der Waals surface area contributed by atoms with E-state index >= 15 is 0 Å². The van der Waals surface area contributed by atoms with Crippen LogP contribution >= 0.6 is 0 Å². The van der Waals surface area contributed by atoms with Crippen molar-refractivity contribution in [2.75, 3.05) is 7.11 Å². The van der Waals surface area contributed by atoms with E-state index in [9.17, 15) is 0 Å². The average Bonchev–Trinajstić information content (AvgIpc) is 2.55. The van der Waals surface area contributed by atoms with Crippen LogP contribution in [0.1, 0.15) is 11.3 Å². The van der Waals surface area contributed by atoms with Crippen LogP contribution in [-0.2, 0) is 6.42 Å². The predicted molar refractivity (Wildman–Crippen MR) is 56.8 cm³/mol. The standard InChI is InChI=1S/C12H11NO2/c1-8-10(5-6-13)11-7-9(14-2)3-4-12(11)15-8/h3-4,7H,5H2,1-2H3. The molecule has 0 fully saturated rings. The number of methoxy groups -OCH3 is 1. The summed E-state index contributed by atoms with van der Waals surface area (Å²) in [5, 5.41) is 9.69. The van der Waals surface area contributed by atoms with Gasteiger partial charge in [-0.1, -0.05) is 0 Å². The zero-order valence-corrected chi connectivity index (χ0v) is 8.70. The van der Waals surface area contributed by atoms with Crippen molar-refractivity contribution in [2.45, 2.75) is 13.3 Å². The summed E-state index contributed by atoms with van der Waals surface area (Å²) in [6, 6.07) is 7.75. The van der Waals surface area contributed by atoms with Gasteiger partial charge in [-0.05, 0) is 25.1 Å². The third-order valence-corrected chi connectivity index (χ3v) is 2.46. The van der Waals surface area contributed by atoms with Crippen LogP contribution in [-0.4, -0.2) is 7.11 Å². The summed E-state index contributed by atoms with van der Waals surface area (Å²) >= 11 is 0. The van der Waals surface area contributed by atoms with Crippen molar-refractivity contribution >= 4 is 11.0 Å². The van der Waals surface area contributed by atoms with Gasteiger partial charge in [-0.25, -0.2) is 0 Å². The molecule has 2 aromatic rings. The van der Waals surface area contributed by atoms with Gasteiger partial charge in [0.15, 0.2) is 0 Å². The Morgan fingerprint density at radius 2 is 2.27 bits per heavy atom. The number of aryl methyl sites for hydroxylation is 1. The quantitative estimate of drug-likeness (QED) is 0.750. The van der Waals surface area contributed by atoms with Crippen molar-refractivity contribution in [2.24, 2.45) is 0 Å². The Balaban J connectivity index is 2.67. The molecule has 0 aliphatic rings. The fraction of sp³-hybridized carbons (Fsp3) is 0.250. The molecule has 0 saturated heterocycles.